The molecule has 10 heteroatoms. The second-order valence-corrected chi connectivity index (χ2v) is 6.62. The van der Waals surface area contributed by atoms with Crippen LogP contribution in [0.4, 0.5) is 4.79 Å². The van der Waals surface area contributed by atoms with Crippen molar-refractivity contribution >= 4 is 29.7 Å². The maximum absolute atomic E-state index is 12.5. The Morgan fingerprint density at radius 1 is 1.10 bits per heavy atom. The number of rotatable bonds is 8. The van der Waals surface area contributed by atoms with Crippen LogP contribution in [0.25, 0.3) is 0 Å². The predicted octanol–water partition coefficient (Wildman–Crippen LogP) is 0.710. The molecule has 0 spiro atoms. The first-order valence-corrected chi connectivity index (χ1v) is 9.01. The van der Waals surface area contributed by atoms with E-state index in [0.29, 0.717) is 13.0 Å². The van der Waals surface area contributed by atoms with E-state index in [1.165, 1.54) is 25.3 Å². The number of nitrogens with zero attached hydrogens (tertiary/aromatic N) is 1. The van der Waals surface area contributed by atoms with Crippen LogP contribution in [0, 0.1) is 0 Å². The lowest BCUT2D eigenvalue weighted by Crippen LogP contribution is -2.44. The molecular weight excluding hydrogens is 382 g/mol. The highest BCUT2D eigenvalue weighted by Crippen LogP contribution is 2.24. The minimum absolute atomic E-state index is 0.0167. The molecule has 2 rings (SSSR count). The quantitative estimate of drug-likeness (QED) is 0.370. The molecule has 1 aliphatic rings. The molecule has 156 valence electrons. The molecule has 0 saturated heterocycles. The van der Waals surface area contributed by atoms with E-state index in [1.807, 2.05) is 5.32 Å². The first kappa shape index (κ1) is 22.0. The molecule has 0 aliphatic carbocycles. The predicted molar refractivity (Wildman–Crippen MR) is 100 cm³/mol. The van der Waals surface area contributed by atoms with Crippen LogP contribution in [0.5, 0.6) is 0 Å². The van der Waals surface area contributed by atoms with Gasteiger partial charge in [-0.3, -0.25) is 24.6 Å². The number of benzene rings is 1. The van der Waals surface area contributed by atoms with Gasteiger partial charge in [0.1, 0.15) is 0 Å². The van der Waals surface area contributed by atoms with E-state index in [0.717, 1.165) is 4.90 Å². The lowest BCUT2D eigenvalue weighted by Gasteiger charge is -2.12. The number of nitrogens with one attached hydrogen (secondary N) is 2. The van der Waals surface area contributed by atoms with E-state index in [2.05, 4.69) is 5.32 Å². The third-order valence-electron chi connectivity index (χ3n) is 3.94. The van der Waals surface area contributed by atoms with Gasteiger partial charge in [-0.15, -0.1) is 0 Å². The highest BCUT2D eigenvalue weighted by molar-refractivity contribution is 6.22. The third-order valence-corrected chi connectivity index (χ3v) is 3.94. The Labute approximate surface area is 167 Å². The summed E-state index contributed by atoms with van der Waals surface area (Å²) in [4.78, 5) is 61.1. The molecule has 10 nitrogen and oxygen atoms in total. The molecule has 1 aromatic rings. The van der Waals surface area contributed by atoms with Crippen molar-refractivity contribution in [3.8, 4) is 0 Å². The van der Waals surface area contributed by atoms with Crippen molar-refractivity contribution in [2.75, 3.05) is 26.9 Å². The van der Waals surface area contributed by atoms with E-state index in [4.69, 9.17) is 9.47 Å². The fourth-order valence-electron chi connectivity index (χ4n) is 2.66. The molecule has 0 unspecified atom stereocenters. The Hall–Kier alpha value is -3.27. The number of esters is 1. The van der Waals surface area contributed by atoms with Gasteiger partial charge in [0.2, 0.25) is 0 Å². The first-order chi connectivity index (χ1) is 13.7. The molecule has 1 aromatic carbocycles. The number of carbonyl (C=O) groups is 5. The zero-order valence-electron chi connectivity index (χ0n) is 16.4. The Balaban J connectivity index is 1.97. The van der Waals surface area contributed by atoms with Gasteiger partial charge in [-0.05, 0) is 38.5 Å². The second kappa shape index (κ2) is 9.78. The summed E-state index contributed by atoms with van der Waals surface area (Å²) in [7, 11) is 1.53. The molecule has 0 bridgehead atoms. The van der Waals surface area contributed by atoms with E-state index >= 15 is 0 Å². The maximum atomic E-state index is 12.5. The Morgan fingerprint density at radius 2 is 1.79 bits per heavy atom. The molecule has 0 aromatic heterocycles. The summed E-state index contributed by atoms with van der Waals surface area (Å²) in [5.41, 5.74) is 0.317. The van der Waals surface area contributed by atoms with Crippen molar-refractivity contribution in [1.82, 2.24) is 15.5 Å². The highest BCUT2D eigenvalue weighted by Gasteiger charge is 2.35. The molecule has 1 heterocycles. The van der Waals surface area contributed by atoms with Crippen LogP contribution < -0.4 is 10.6 Å². The standard InChI is InChI=1S/C19H23N3O7/c1-11(2)20-19(27)21-15(23)10-29-18(26)12-5-6-13-14(9-12)17(25)22(16(13)24)7-4-8-28-3/h5-6,9,11H,4,7-8,10H2,1-3H3,(H2,20,21,23,27). The second-order valence-electron chi connectivity index (χ2n) is 6.62. The van der Waals surface area contributed by atoms with Gasteiger partial charge in [0.15, 0.2) is 6.61 Å². The van der Waals surface area contributed by atoms with Crippen molar-refractivity contribution in [1.29, 1.82) is 0 Å². The smallest absolute Gasteiger partial charge is 0.338 e. The summed E-state index contributed by atoms with van der Waals surface area (Å²) in [6.07, 6.45) is 0.496. The van der Waals surface area contributed by atoms with Gasteiger partial charge in [-0.25, -0.2) is 9.59 Å². The molecular formula is C19H23N3O7. The van der Waals surface area contributed by atoms with E-state index in [1.54, 1.807) is 13.8 Å². The Bertz CT molecular complexity index is 835. The van der Waals surface area contributed by atoms with E-state index < -0.39 is 36.3 Å². The summed E-state index contributed by atoms with van der Waals surface area (Å²) >= 11 is 0. The van der Waals surface area contributed by atoms with Crippen LogP contribution >= 0.6 is 0 Å². The minimum atomic E-state index is -0.856. The topological polar surface area (TPSA) is 131 Å². The molecule has 0 fully saturated rings. The van der Waals surface area contributed by atoms with Crippen LogP contribution in [0.1, 0.15) is 51.3 Å². The molecule has 1 aliphatic heterocycles. The monoisotopic (exact) mass is 405 g/mol. The van der Waals surface area contributed by atoms with Crippen molar-refractivity contribution < 1.29 is 33.4 Å². The van der Waals surface area contributed by atoms with Crippen molar-refractivity contribution in [3.63, 3.8) is 0 Å². The number of amides is 5. The number of carbonyl (C=O) groups excluding carboxylic acids is 5. The maximum Gasteiger partial charge on any atom is 0.338 e. The molecule has 0 saturated carbocycles. The van der Waals surface area contributed by atoms with Gasteiger partial charge in [0.05, 0.1) is 16.7 Å². The first-order valence-electron chi connectivity index (χ1n) is 9.01. The fourth-order valence-corrected chi connectivity index (χ4v) is 2.66. The highest BCUT2D eigenvalue weighted by atomic mass is 16.5. The molecule has 2 N–H and O–H groups in total. The van der Waals surface area contributed by atoms with Crippen LogP contribution in [0.3, 0.4) is 0 Å². The number of imide groups is 2. The fraction of sp³-hybridized carbons (Fsp3) is 0.421. The third kappa shape index (κ3) is 5.61. The van der Waals surface area contributed by atoms with Gasteiger partial charge in [-0.1, -0.05) is 0 Å². The Kier molecular flexibility index (Phi) is 7.43. The molecule has 0 atom stereocenters. The number of fused-ring (bicyclic) bond motifs is 1. The zero-order valence-corrected chi connectivity index (χ0v) is 16.4. The SMILES string of the molecule is COCCCN1C(=O)c2ccc(C(=O)OCC(=O)NC(=O)NC(C)C)cc2C1=O. The van der Waals surface area contributed by atoms with Gasteiger partial charge in [0, 0.05) is 26.3 Å². The van der Waals surface area contributed by atoms with Crippen molar-refractivity contribution in [3.05, 3.63) is 34.9 Å². The van der Waals surface area contributed by atoms with Crippen LogP contribution in [0.15, 0.2) is 18.2 Å². The summed E-state index contributed by atoms with van der Waals surface area (Å²) in [5.74, 6) is -2.59. The summed E-state index contributed by atoms with van der Waals surface area (Å²) in [6.45, 7) is 3.39. The summed E-state index contributed by atoms with van der Waals surface area (Å²) in [6, 6.07) is 3.12. The largest absolute Gasteiger partial charge is 0.452 e. The van der Waals surface area contributed by atoms with Crippen LogP contribution in [0.2, 0.25) is 0 Å². The van der Waals surface area contributed by atoms with Crippen LogP contribution in [-0.4, -0.2) is 67.5 Å². The normalized spacial score (nSPS) is 12.8. The average molecular weight is 405 g/mol. The molecule has 0 radical (unpaired) electrons. The molecule has 29 heavy (non-hydrogen) atoms. The van der Waals surface area contributed by atoms with E-state index in [-0.39, 0.29) is 29.3 Å². The van der Waals surface area contributed by atoms with Gasteiger partial charge >= 0.3 is 12.0 Å². The van der Waals surface area contributed by atoms with Crippen molar-refractivity contribution in [2.45, 2.75) is 26.3 Å². The summed E-state index contributed by atoms with van der Waals surface area (Å²) in [5, 5.41) is 4.48. The van der Waals surface area contributed by atoms with E-state index in [9.17, 15) is 24.0 Å². The lowest BCUT2D eigenvalue weighted by atomic mass is 10.1. The number of hydrogen-bond acceptors (Lipinski definition) is 7. The average Bonchev–Trinajstić information content (AvgIpc) is 2.90. The number of methoxy groups -OCH3 is 1. The van der Waals surface area contributed by atoms with Crippen LogP contribution in [-0.2, 0) is 14.3 Å². The van der Waals surface area contributed by atoms with Gasteiger partial charge in [-0.2, -0.15) is 0 Å². The number of urea groups is 1. The van der Waals surface area contributed by atoms with Crippen molar-refractivity contribution in [2.24, 2.45) is 0 Å². The van der Waals surface area contributed by atoms with Gasteiger partial charge in [0.25, 0.3) is 17.7 Å². The summed E-state index contributed by atoms with van der Waals surface area (Å²) < 4.78 is 9.79. The molecule has 5 amide bonds. The number of hydrogen-bond donors (Lipinski definition) is 2. The Morgan fingerprint density at radius 3 is 2.45 bits per heavy atom. The number of ether oxygens (including phenoxy) is 2. The van der Waals surface area contributed by atoms with Gasteiger partial charge < -0.3 is 14.8 Å². The lowest BCUT2D eigenvalue weighted by molar-refractivity contribution is -0.123. The zero-order chi connectivity index (χ0) is 21.6. The minimum Gasteiger partial charge on any atom is -0.452 e.